The van der Waals surface area contributed by atoms with E-state index in [1.807, 2.05) is 30.8 Å². The molecule has 13 heavy (non-hydrogen) atoms. The number of hydrogen-bond acceptors (Lipinski definition) is 1. The van der Waals surface area contributed by atoms with Crippen molar-refractivity contribution in [2.45, 2.75) is 33.6 Å². The summed E-state index contributed by atoms with van der Waals surface area (Å²) in [5, 5.41) is 0. The molecule has 0 aromatic heterocycles. The third-order valence-electron chi connectivity index (χ3n) is 1.57. The van der Waals surface area contributed by atoms with Gasteiger partial charge in [0.25, 0.3) is 0 Å². The van der Waals surface area contributed by atoms with E-state index in [0.717, 1.165) is 0 Å². The third kappa shape index (κ3) is 9.48. The Kier molecular flexibility index (Phi) is 9.34. The largest absolute Gasteiger partial charge is 0.131 e. The molecule has 0 radical (unpaired) electrons. The number of unbranched alkanes of at least 4 members (excludes halogenated alkanes) is 1. The lowest BCUT2D eigenvalue weighted by molar-refractivity contribution is 0.897. The van der Waals surface area contributed by atoms with Crippen LogP contribution in [0.15, 0.2) is 35.3 Å². The highest BCUT2D eigenvalue weighted by atomic mass is 32.2. The van der Waals surface area contributed by atoms with Crippen molar-refractivity contribution in [2.24, 2.45) is 0 Å². The van der Waals surface area contributed by atoms with Crippen LogP contribution < -0.4 is 0 Å². The molecule has 0 rings (SSSR count). The van der Waals surface area contributed by atoms with Crippen LogP contribution in [0.5, 0.6) is 0 Å². The average Bonchev–Trinajstić information content (AvgIpc) is 2.13. The summed E-state index contributed by atoms with van der Waals surface area (Å²) >= 11 is 1.94. The van der Waals surface area contributed by atoms with E-state index in [1.165, 1.54) is 23.5 Å². The maximum absolute atomic E-state index is 2.23. The Hall–Kier alpha value is -0.430. The molecule has 0 amide bonds. The van der Waals surface area contributed by atoms with Crippen LogP contribution in [-0.4, -0.2) is 5.75 Å². The maximum atomic E-state index is 2.23. The second-order valence-electron chi connectivity index (χ2n) is 2.89. The van der Waals surface area contributed by atoms with Gasteiger partial charge in [-0.15, -0.1) is 11.8 Å². The lowest BCUT2D eigenvalue weighted by Gasteiger charge is -1.97. The fourth-order valence-corrected chi connectivity index (χ4v) is 1.72. The zero-order valence-corrected chi connectivity index (χ0v) is 9.73. The van der Waals surface area contributed by atoms with E-state index < -0.39 is 0 Å². The van der Waals surface area contributed by atoms with Crippen LogP contribution in [0.4, 0.5) is 0 Å². The summed E-state index contributed by atoms with van der Waals surface area (Å²) in [5.74, 6) is 1.25. The Bertz CT molecular complexity index is 187. The molecule has 0 unspecified atom stereocenters. The monoisotopic (exact) mass is 196 g/mol. The molecule has 74 valence electrons. The van der Waals surface area contributed by atoms with Gasteiger partial charge in [0, 0.05) is 0 Å². The molecule has 0 N–H and O–H groups in total. The van der Waals surface area contributed by atoms with Gasteiger partial charge in [0.05, 0.1) is 0 Å². The topological polar surface area (TPSA) is 0 Å². The third-order valence-corrected chi connectivity index (χ3v) is 2.66. The lowest BCUT2D eigenvalue weighted by atomic mass is 10.4. The van der Waals surface area contributed by atoms with Crippen LogP contribution in [0.1, 0.15) is 33.6 Å². The van der Waals surface area contributed by atoms with Crippen molar-refractivity contribution < 1.29 is 0 Å². The Morgan fingerprint density at radius 3 is 2.62 bits per heavy atom. The average molecular weight is 196 g/mol. The zero-order chi connectivity index (χ0) is 9.94. The predicted octanol–water partition coefficient (Wildman–Crippen LogP) is 4.56. The summed E-state index contributed by atoms with van der Waals surface area (Å²) in [6.07, 6.45) is 13.0. The van der Waals surface area contributed by atoms with Crippen LogP contribution >= 0.6 is 11.8 Å². The minimum atomic E-state index is 1.25. The summed E-state index contributed by atoms with van der Waals surface area (Å²) < 4.78 is 0. The minimum Gasteiger partial charge on any atom is -0.131 e. The molecule has 0 aromatic carbocycles. The second-order valence-corrected chi connectivity index (χ2v) is 4.23. The second kappa shape index (κ2) is 9.66. The molecule has 0 aliphatic carbocycles. The minimum absolute atomic E-state index is 1.25. The van der Waals surface area contributed by atoms with Crippen molar-refractivity contribution >= 4 is 11.8 Å². The van der Waals surface area contributed by atoms with Gasteiger partial charge in [-0.3, -0.25) is 0 Å². The van der Waals surface area contributed by atoms with E-state index in [2.05, 4.69) is 32.1 Å². The molecule has 0 nitrogen and oxygen atoms in total. The highest BCUT2D eigenvalue weighted by molar-refractivity contribution is 8.03. The van der Waals surface area contributed by atoms with E-state index in [0.29, 0.717) is 0 Å². The molecule has 0 spiro atoms. The zero-order valence-electron chi connectivity index (χ0n) is 8.92. The van der Waals surface area contributed by atoms with Crippen LogP contribution in [-0.2, 0) is 0 Å². The van der Waals surface area contributed by atoms with Crippen molar-refractivity contribution in [1.82, 2.24) is 0 Å². The Morgan fingerprint density at radius 1 is 1.23 bits per heavy atom. The number of allylic oxidation sites excluding steroid dienone is 6. The fraction of sp³-hybridized carbons (Fsp3) is 0.500. The fourth-order valence-electron chi connectivity index (χ4n) is 0.792. The van der Waals surface area contributed by atoms with Gasteiger partial charge in [-0.1, -0.05) is 43.7 Å². The summed E-state index contributed by atoms with van der Waals surface area (Å²) in [6.45, 7) is 6.42. The van der Waals surface area contributed by atoms with Crippen molar-refractivity contribution in [1.29, 1.82) is 0 Å². The molecule has 0 fully saturated rings. The molecule has 0 aliphatic rings. The Labute approximate surface area is 86.8 Å². The van der Waals surface area contributed by atoms with Gasteiger partial charge >= 0.3 is 0 Å². The first-order valence-corrected chi connectivity index (χ1v) is 5.88. The quantitative estimate of drug-likeness (QED) is 0.443. The van der Waals surface area contributed by atoms with Crippen LogP contribution in [0.25, 0.3) is 0 Å². The summed E-state index contributed by atoms with van der Waals surface area (Å²) in [5.41, 5.74) is 0. The molecule has 0 saturated heterocycles. The molecule has 0 saturated carbocycles. The molecule has 0 aliphatic heterocycles. The Morgan fingerprint density at radius 2 is 2.00 bits per heavy atom. The van der Waals surface area contributed by atoms with Crippen molar-refractivity contribution in [3.05, 3.63) is 35.3 Å². The van der Waals surface area contributed by atoms with Gasteiger partial charge < -0.3 is 0 Å². The van der Waals surface area contributed by atoms with Gasteiger partial charge in [0.2, 0.25) is 0 Å². The predicted molar refractivity (Wildman–Crippen MR) is 65.1 cm³/mol. The van der Waals surface area contributed by atoms with Gasteiger partial charge in [-0.05, 0) is 30.9 Å². The normalized spacial score (nSPS) is 13.3. The van der Waals surface area contributed by atoms with E-state index in [-0.39, 0.29) is 0 Å². The lowest BCUT2D eigenvalue weighted by Crippen LogP contribution is -1.76. The standard InChI is InChI=1S/C12H20S/c1-4-6-8-9-10-12(3)13-11-7-5-2/h4,6,8-10H,5,7,11H2,1-3H3/b6-4-,9-8-,12-10+. The first-order valence-electron chi connectivity index (χ1n) is 4.90. The summed E-state index contributed by atoms with van der Waals surface area (Å²) in [6, 6.07) is 0. The van der Waals surface area contributed by atoms with Gasteiger partial charge in [-0.2, -0.15) is 0 Å². The highest BCUT2D eigenvalue weighted by Crippen LogP contribution is 2.16. The van der Waals surface area contributed by atoms with Gasteiger partial charge in [-0.25, -0.2) is 0 Å². The molecule has 0 atom stereocenters. The van der Waals surface area contributed by atoms with Crippen LogP contribution in [0.2, 0.25) is 0 Å². The van der Waals surface area contributed by atoms with E-state index >= 15 is 0 Å². The van der Waals surface area contributed by atoms with Crippen molar-refractivity contribution in [2.75, 3.05) is 5.75 Å². The van der Waals surface area contributed by atoms with E-state index in [9.17, 15) is 0 Å². The molecular weight excluding hydrogens is 176 g/mol. The molecule has 0 aromatic rings. The number of rotatable bonds is 6. The molecule has 0 heterocycles. The smallest absolute Gasteiger partial charge is 0.00234 e. The van der Waals surface area contributed by atoms with Crippen molar-refractivity contribution in [3.8, 4) is 0 Å². The summed E-state index contributed by atoms with van der Waals surface area (Å²) in [7, 11) is 0. The molecule has 0 bridgehead atoms. The van der Waals surface area contributed by atoms with Crippen LogP contribution in [0.3, 0.4) is 0 Å². The van der Waals surface area contributed by atoms with Gasteiger partial charge in [0.15, 0.2) is 0 Å². The van der Waals surface area contributed by atoms with Crippen molar-refractivity contribution in [3.63, 3.8) is 0 Å². The SMILES string of the molecule is C\C=C/C=C\C=C(/C)SCCCC. The number of thioether (sulfide) groups is 1. The van der Waals surface area contributed by atoms with E-state index in [1.54, 1.807) is 0 Å². The molecule has 1 heteroatoms. The first-order chi connectivity index (χ1) is 6.31. The molecular formula is C12H20S. The van der Waals surface area contributed by atoms with Crippen LogP contribution in [0, 0.1) is 0 Å². The van der Waals surface area contributed by atoms with Gasteiger partial charge in [0.1, 0.15) is 0 Å². The number of hydrogen-bond donors (Lipinski definition) is 0. The van der Waals surface area contributed by atoms with E-state index in [4.69, 9.17) is 0 Å². The summed E-state index contributed by atoms with van der Waals surface area (Å²) in [4.78, 5) is 1.40. The maximum Gasteiger partial charge on any atom is -0.00234 e. The highest BCUT2D eigenvalue weighted by Gasteiger charge is 1.87. The first kappa shape index (κ1) is 12.6. The Balaban J connectivity index is 3.62.